The van der Waals surface area contributed by atoms with E-state index < -0.39 is 10.0 Å². The molecule has 1 aromatic rings. The van der Waals surface area contributed by atoms with E-state index >= 15 is 0 Å². The first-order valence-electron chi connectivity index (χ1n) is 4.87. The van der Waals surface area contributed by atoms with E-state index in [1.165, 1.54) is 7.05 Å². The topological polar surface area (TPSA) is 80.2 Å². The highest BCUT2D eigenvalue weighted by Crippen LogP contribution is 2.13. The Hall–Kier alpha value is -0.860. The summed E-state index contributed by atoms with van der Waals surface area (Å²) in [7, 11) is -0.204. The van der Waals surface area contributed by atoms with Crippen LogP contribution in [0.5, 0.6) is 0 Å². The molecule has 0 fully saturated rings. The maximum atomic E-state index is 11.7. The van der Waals surface area contributed by atoms with Gasteiger partial charge in [0, 0.05) is 24.3 Å². The third-order valence-corrected chi connectivity index (χ3v) is 3.97. The van der Waals surface area contributed by atoms with Crippen molar-refractivity contribution in [1.82, 2.24) is 14.6 Å². The van der Waals surface area contributed by atoms with Crippen LogP contribution in [0, 0.1) is 0 Å². The van der Waals surface area contributed by atoms with E-state index in [-0.39, 0.29) is 18.2 Å². The van der Waals surface area contributed by atoms with Crippen molar-refractivity contribution in [3.05, 3.63) is 22.4 Å². The molecule has 6 nitrogen and oxygen atoms in total. The van der Waals surface area contributed by atoms with Gasteiger partial charge >= 0.3 is 0 Å². The van der Waals surface area contributed by atoms with E-state index in [0.717, 1.165) is 4.47 Å². The Balaban J connectivity index is 2.54. The van der Waals surface area contributed by atoms with Crippen molar-refractivity contribution in [2.24, 2.45) is 7.05 Å². The Morgan fingerprint density at radius 2 is 2.18 bits per heavy atom. The highest BCUT2D eigenvalue weighted by Gasteiger charge is 2.12. The fraction of sp³-hybridized carbons (Fsp3) is 0.444. The number of rotatable bonds is 5. The van der Waals surface area contributed by atoms with Crippen LogP contribution in [0.3, 0.4) is 0 Å². The molecule has 1 amide bonds. The van der Waals surface area contributed by atoms with E-state index in [1.807, 2.05) is 0 Å². The van der Waals surface area contributed by atoms with Gasteiger partial charge in [0.05, 0.1) is 5.75 Å². The molecule has 0 aromatic carbocycles. The lowest BCUT2D eigenvalue weighted by molar-refractivity contribution is 0.0948. The van der Waals surface area contributed by atoms with Crippen LogP contribution in [0.4, 0.5) is 0 Å². The molecule has 0 bridgehead atoms. The van der Waals surface area contributed by atoms with Gasteiger partial charge in [-0.1, -0.05) is 0 Å². The van der Waals surface area contributed by atoms with Crippen molar-refractivity contribution in [2.75, 3.05) is 19.3 Å². The number of nitrogens with zero attached hydrogens (tertiary/aromatic N) is 1. The van der Waals surface area contributed by atoms with E-state index in [9.17, 15) is 13.2 Å². The maximum absolute atomic E-state index is 11.7. The second kappa shape index (κ2) is 5.65. The zero-order valence-electron chi connectivity index (χ0n) is 9.53. The van der Waals surface area contributed by atoms with Crippen LogP contribution in [0.2, 0.25) is 0 Å². The van der Waals surface area contributed by atoms with Gasteiger partial charge in [-0.2, -0.15) is 0 Å². The molecular weight excluding hydrogens is 310 g/mol. The van der Waals surface area contributed by atoms with Gasteiger partial charge in [-0.25, -0.2) is 13.1 Å². The van der Waals surface area contributed by atoms with Crippen molar-refractivity contribution in [1.29, 1.82) is 0 Å². The standard InChI is InChI=1S/C9H14BrN3O3S/c1-11-17(15,16)4-3-12-9(14)8-5-7(10)6-13(8)2/h5-6,11H,3-4H2,1-2H3,(H,12,14). The van der Waals surface area contributed by atoms with Gasteiger partial charge in [0.1, 0.15) is 5.69 Å². The summed E-state index contributed by atoms with van der Waals surface area (Å²) in [6.45, 7) is 0.0742. The predicted molar refractivity (Wildman–Crippen MR) is 68.3 cm³/mol. The molecule has 1 heterocycles. The number of aryl methyl sites for hydroxylation is 1. The lowest BCUT2D eigenvalue weighted by atomic mass is 10.4. The van der Waals surface area contributed by atoms with Gasteiger partial charge in [0.2, 0.25) is 10.0 Å². The lowest BCUT2D eigenvalue weighted by Crippen LogP contribution is -2.33. The lowest BCUT2D eigenvalue weighted by Gasteiger charge is -2.06. The Labute approximate surface area is 109 Å². The minimum absolute atomic E-state index is 0.0742. The number of amides is 1. The van der Waals surface area contributed by atoms with Gasteiger partial charge in [0.15, 0.2) is 0 Å². The summed E-state index contributed by atoms with van der Waals surface area (Å²) in [5.74, 6) is -0.439. The Kier molecular flexibility index (Phi) is 4.72. The van der Waals surface area contributed by atoms with Crippen LogP contribution < -0.4 is 10.0 Å². The number of carbonyl (C=O) groups excluding carboxylic acids is 1. The highest BCUT2D eigenvalue weighted by atomic mass is 79.9. The van der Waals surface area contributed by atoms with Crippen molar-refractivity contribution in [3.8, 4) is 0 Å². The number of hydrogen-bond donors (Lipinski definition) is 2. The van der Waals surface area contributed by atoms with E-state index in [1.54, 1.807) is 23.9 Å². The van der Waals surface area contributed by atoms with Crippen LogP contribution in [0.25, 0.3) is 0 Å². The molecule has 0 spiro atoms. The van der Waals surface area contributed by atoms with Crippen LogP contribution >= 0.6 is 15.9 Å². The van der Waals surface area contributed by atoms with Crippen molar-refractivity contribution < 1.29 is 13.2 Å². The molecule has 0 atom stereocenters. The average molecular weight is 324 g/mol. The normalized spacial score (nSPS) is 11.5. The number of aromatic nitrogens is 1. The van der Waals surface area contributed by atoms with Crippen molar-refractivity contribution in [3.63, 3.8) is 0 Å². The summed E-state index contributed by atoms with van der Waals surface area (Å²) in [5, 5.41) is 2.54. The molecular formula is C9H14BrN3O3S. The molecule has 17 heavy (non-hydrogen) atoms. The number of sulfonamides is 1. The number of hydrogen-bond acceptors (Lipinski definition) is 3. The molecule has 0 unspecified atom stereocenters. The fourth-order valence-corrected chi connectivity index (χ4v) is 2.34. The first-order valence-corrected chi connectivity index (χ1v) is 7.31. The zero-order chi connectivity index (χ0) is 13.1. The largest absolute Gasteiger partial charge is 0.350 e. The molecule has 96 valence electrons. The van der Waals surface area contributed by atoms with Gasteiger partial charge in [-0.15, -0.1) is 0 Å². The molecule has 0 aliphatic carbocycles. The summed E-state index contributed by atoms with van der Waals surface area (Å²) < 4.78 is 26.9. The first-order chi connectivity index (χ1) is 7.85. The van der Waals surface area contributed by atoms with Crippen molar-refractivity contribution >= 4 is 31.9 Å². The third kappa shape index (κ3) is 4.14. The van der Waals surface area contributed by atoms with Crippen molar-refractivity contribution in [2.45, 2.75) is 0 Å². The minimum Gasteiger partial charge on any atom is -0.350 e. The highest BCUT2D eigenvalue weighted by molar-refractivity contribution is 9.10. The third-order valence-electron chi connectivity index (χ3n) is 2.17. The number of nitrogens with one attached hydrogen (secondary N) is 2. The monoisotopic (exact) mass is 323 g/mol. The first kappa shape index (κ1) is 14.2. The Morgan fingerprint density at radius 3 is 2.65 bits per heavy atom. The van der Waals surface area contributed by atoms with E-state index in [4.69, 9.17) is 0 Å². The Bertz CT molecular complexity index is 510. The SMILES string of the molecule is CNS(=O)(=O)CCNC(=O)c1cc(Br)cn1C. The van der Waals surface area contributed by atoms with Gasteiger partial charge in [0.25, 0.3) is 5.91 Å². The second-order valence-electron chi connectivity index (χ2n) is 3.43. The van der Waals surface area contributed by atoms with E-state index in [0.29, 0.717) is 5.69 Å². The molecule has 0 saturated heterocycles. The number of carbonyl (C=O) groups is 1. The Morgan fingerprint density at radius 1 is 1.53 bits per heavy atom. The smallest absolute Gasteiger partial charge is 0.267 e. The van der Waals surface area contributed by atoms with Gasteiger partial charge in [-0.05, 0) is 29.0 Å². The van der Waals surface area contributed by atoms with Gasteiger partial charge in [-0.3, -0.25) is 4.79 Å². The molecule has 0 aliphatic rings. The summed E-state index contributed by atoms with van der Waals surface area (Å²) in [5.41, 5.74) is 0.471. The summed E-state index contributed by atoms with van der Waals surface area (Å²) in [4.78, 5) is 11.7. The van der Waals surface area contributed by atoms with Crippen LogP contribution in [-0.2, 0) is 17.1 Å². The van der Waals surface area contributed by atoms with Gasteiger partial charge < -0.3 is 9.88 Å². The number of halogens is 1. The molecule has 2 N–H and O–H groups in total. The minimum atomic E-state index is -3.28. The molecule has 8 heteroatoms. The second-order valence-corrected chi connectivity index (χ2v) is 6.40. The molecule has 1 rings (SSSR count). The predicted octanol–water partition coefficient (Wildman–Crippen LogP) is 0.0666. The summed E-state index contributed by atoms with van der Waals surface area (Å²) >= 11 is 3.26. The maximum Gasteiger partial charge on any atom is 0.267 e. The van der Waals surface area contributed by atoms with Crippen LogP contribution in [-0.4, -0.2) is 38.2 Å². The fourth-order valence-electron chi connectivity index (χ4n) is 1.24. The zero-order valence-corrected chi connectivity index (χ0v) is 11.9. The molecule has 0 aliphatic heterocycles. The average Bonchev–Trinajstić information content (AvgIpc) is 2.57. The van der Waals surface area contributed by atoms with Crippen LogP contribution in [0.1, 0.15) is 10.5 Å². The summed E-state index contributed by atoms with van der Waals surface area (Å²) in [6.07, 6.45) is 1.75. The molecule has 0 radical (unpaired) electrons. The molecule has 0 saturated carbocycles. The van der Waals surface area contributed by atoms with E-state index in [2.05, 4.69) is 26.0 Å². The summed E-state index contributed by atoms with van der Waals surface area (Å²) in [6, 6.07) is 1.67. The van der Waals surface area contributed by atoms with Crippen LogP contribution in [0.15, 0.2) is 16.7 Å². The molecule has 1 aromatic heterocycles. The quantitative estimate of drug-likeness (QED) is 0.804.